The molecule has 0 N–H and O–H groups in total. The van der Waals surface area contributed by atoms with Crippen LogP contribution in [-0.2, 0) is 9.53 Å². The molecule has 142 valence electrons. The number of hydrogen-bond acceptors (Lipinski definition) is 3. The molecule has 0 fully saturated rings. The summed E-state index contributed by atoms with van der Waals surface area (Å²) in [5, 5.41) is 2.02. The second kappa shape index (κ2) is 6.44. The summed E-state index contributed by atoms with van der Waals surface area (Å²) in [6.07, 6.45) is -0.756. The van der Waals surface area contributed by atoms with Crippen molar-refractivity contribution in [2.75, 3.05) is 4.90 Å². The van der Waals surface area contributed by atoms with Gasteiger partial charge in [-0.2, -0.15) is 0 Å². The second-order valence-electron chi connectivity index (χ2n) is 7.90. The van der Waals surface area contributed by atoms with Gasteiger partial charge in [-0.15, -0.1) is 0 Å². The summed E-state index contributed by atoms with van der Waals surface area (Å²) in [4.78, 5) is 27.0. The highest BCUT2D eigenvalue weighted by Gasteiger charge is 2.43. The van der Waals surface area contributed by atoms with Crippen molar-refractivity contribution < 1.29 is 18.7 Å². The molecule has 1 unspecified atom stereocenters. The van der Waals surface area contributed by atoms with E-state index in [4.69, 9.17) is 4.74 Å². The quantitative estimate of drug-likeness (QED) is 0.571. The molecule has 3 aromatic carbocycles. The number of rotatable bonds is 1. The molecule has 1 heterocycles. The van der Waals surface area contributed by atoms with Gasteiger partial charge in [-0.25, -0.2) is 14.1 Å². The second-order valence-corrected chi connectivity index (χ2v) is 7.90. The highest BCUT2D eigenvalue weighted by molar-refractivity contribution is 6.20. The van der Waals surface area contributed by atoms with Crippen LogP contribution >= 0.6 is 0 Å². The van der Waals surface area contributed by atoms with Gasteiger partial charge in [0.1, 0.15) is 11.4 Å². The van der Waals surface area contributed by atoms with Gasteiger partial charge in [-0.3, -0.25) is 4.79 Å². The number of ether oxygens (including phenoxy) is 1. The Morgan fingerprint density at radius 1 is 1.00 bits per heavy atom. The maximum atomic E-state index is 14.0. The largest absolute Gasteiger partial charge is 0.443 e. The third-order valence-electron chi connectivity index (χ3n) is 4.69. The molecule has 1 aliphatic rings. The first kappa shape index (κ1) is 18.2. The Hall–Kier alpha value is -3.21. The molecule has 5 heteroatoms. The van der Waals surface area contributed by atoms with E-state index in [2.05, 4.69) is 0 Å². The minimum atomic E-state index is -0.761. The number of hydrogen-bond donors (Lipinski definition) is 0. The molecule has 4 rings (SSSR count). The Bertz CT molecular complexity index is 1100. The first-order chi connectivity index (χ1) is 13.2. The van der Waals surface area contributed by atoms with E-state index in [1.54, 1.807) is 20.8 Å². The Kier molecular flexibility index (Phi) is 4.18. The molecule has 0 radical (unpaired) electrons. The predicted octanol–water partition coefficient (Wildman–Crippen LogP) is 5.39. The van der Waals surface area contributed by atoms with Crippen molar-refractivity contribution in [1.29, 1.82) is 0 Å². The Labute approximate surface area is 162 Å². The van der Waals surface area contributed by atoms with Crippen molar-refractivity contribution in [3.8, 4) is 0 Å². The molecular formula is C23H20FNO3. The fourth-order valence-corrected chi connectivity index (χ4v) is 3.55. The number of nitrogens with zero attached hydrogens (tertiary/aromatic N) is 1. The van der Waals surface area contributed by atoms with Crippen molar-refractivity contribution in [2.24, 2.45) is 0 Å². The molecule has 2 amide bonds. The summed E-state index contributed by atoms with van der Waals surface area (Å²) in [6, 6.07) is 17.5. The van der Waals surface area contributed by atoms with Crippen LogP contribution in [-0.4, -0.2) is 17.6 Å². The van der Waals surface area contributed by atoms with E-state index in [-0.39, 0.29) is 0 Å². The van der Waals surface area contributed by atoms with E-state index >= 15 is 0 Å². The van der Waals surface area contributed by atoms with Crippen LogP contribution in [0.5, 0.6) is 0 Å². The van der Waals surface area contributed by atoms with Crippen LogP contribution in [0, 0.1) is 5.82 Å². The monoisotopic (exact) mass is 377 g/mol. The van der Waals surface area contributed by atoms with Gasteiger partial charge in [0.25, 0.3) is 0 Å². The van der Waals surface area contributed by atoms with Gasteiger partial charge in [0, 0.05) is 0 Å². The fraction of sp³-hybridized carbons (Fsp3) is 0.217. The first-order valence-corrected chi connectivity index (χ1v) is 9.10. The number of carbonyl (C=O) groups is 2. The molecule has 0 spiro atoms. The highest BCUT2D eigenvalue weighted by Crippen LogP contribution is 2.42. The summed E-state index contributed by atoms with van der Waals surface area (Å²) in [5.74, 6) is -1.66. The van der Waals surface area contributed by atoms with Gasteiger partial charge >= 0.3 is 6.09 Å². The Balaban J connectivity index is 1.83. The smallest absolute Gasteiger partial charge is 0.421 e. The van der Waals surface area contributed by atoms with Gasteiger partial charge in [0.05, 0.1) is 11.6 Å². The van der Waals surface area contributed by atoms with Crippen LogP contribution in [0.3, 0.4) is 0 Å². The average molecular weight is 377 g/mol. The van der Waals surface area contributed by atoms with Crippen LogP contribution in [0.25, 0.3) is 10.8 Å². The van der Waals surface area contributed by atoms with Gasteiger partial charge in [0.15, 0.2) is 0 Å². The lowest BCUT2D eigenvalue weighted by Crippen LogP contribution is -2.39. The SMILES string of the molecule is CC(C)(C)OC(=O)N1C(=O)C(c2ccc3ccccc3c2)c2cc(F)ccc21. The van der Waals surface area contributed by atoms with Crippen molar-refractivity contribution in [2.45, 2.75) is 32.3 Å². The van der Waals surface area contributed by atoms with Crippen LogP contribution in [0.4, 0.5) is 14.9 Å². The summed E-state index contributed by atoms with van der Waals surface area (Å²) < 4.78 is 19.4. The topological polar surface area (TPSA) is 46.6 Å². The van der Waals surface area contributed by atoms with E-state index in [0.29, 0.717) is 16.8 Å². The summed E-state index contributed by atoms with van der Waals surface area (Å²) >= 11 is 0. The average Bonchev–Trinajstić information content (AvgIpc) is 2.91. The lowest BCUT2D eigenvalue weighted by atomic mass is 9.91. The van der Waals surface area contributed by atoms with Gasteiger partial charge < -0.3 is 4.74 Å². The lowest BCUT2D eigenvalue weighted by molar-refractivity contribution is -0.118. The third-order valence-corrected chi connectivity index (χ3v) is 4.69. The zero-order valence-electron chi connectivity index (χ0n) is 15.9. The van der Waals surface area contributed by atoms with Gasteiger partial charge in [0.2, 0.25) is 5.91 Å². The molecule has 0 saturated heterocycles. The normalized spacial score (nSPS) is 16.4. The Morgan fingerprint density at radius 2 is 1.71 bits per heavy atom. The summed E-state index contributed by atoms with van der Waals surface area (Å²) in [7, 11) is 0. The number of imide groups is 1. The standard InChI is InChI=1S/C23H20FNO3/c1-23(2,3)28-22(27)25-19-11-10-17(24)13-18(19)20(21(25)26)16-9-8-14-6-4-5-7-15(14)12-16/h4-13,20H,1-3H3. The molecule has 1 atom stereocenters. The van der Waals surface area contributed by atoms with Crippen molar-refractivity contribution >= 4 is 28.5 Å². The van der Waals surface area contributed by atoms with E-state index in [0.717, 1.165) is 15.7 Å². The van der Waals surface area contributed by atoms with E-state index in [1.807, 2.05) is 42.5 Å². The number of carbonyl (C=O) groups excluding carboxylic acids is 2. The molecule has 0 aromatic heterocycles. The highest BCUT2D eigenvalue weighted by atomic mass is 19.1. The third kappa shape index (κ3) is 3.13. The van der Waals surface area contributed by atoms with Crippen LogP contribution < -0.4 is 4.90 Å². The number of benzene rings is 3. The molecular weight excluding hydrogens is 357 g/mol. The number of anilines is 1. The number of amides is 2. The first-order valence-electron chi connectivity index (χ1n) is 9.10. The van der Waals surface area contributed by atoms with E-state index in [9.17, 15) is 14.0 Å². The van der Waals surface area contributed by atoms with Crippen LogP contribution in [0.2, 0.25) is 0 Å². The van der Waals surface area contributed by atoms with E-state index in [1.165, 1.54) is 18.2 Å². The fourth-order valence-electron chi connectivity index (χ4n) is 3.55. The minimum Gasteiger partial charge on any atom is -0.443 e. The molecule has 0 bridgehead atoms. The lowest BCUT2D eigenvalue weighted by Gasteiger charge is -2.24. The molecule has 1 aliphatic heterocycles. The maximum Gasteiger partial charge on any atom is 0.421 e. The van der Waals surface area contributed by atoms with Crippen molar-refractivity contribution in [3.05, 3.63) is 77.6 Å². The molecule has 28 heavy (non-hydrogen) atoms. The zero-order chi connectivity index (χ0) is 20.1. The number of halogens is 1. The zero-order valence-corrected chi connectivity index (χ0v) is 15.9. The van der Waals surface area contributed by atoms with Crippen LogP contribution in [0.1, 0.15) is 37.8 Å². The predicted molar refractivity (Wildman–Crippen MR) is 106 cm³/mol. The van der Waals surface area contributed by atoms with Gasteiger partial charge in [-0.1, -0.05) is 42.5 Å². The van der Waals surface area contributed by atoms with E-state index < -0.39 is 29.3 Å². The molecule has 3 aromatic rings. The van der Waals surface area contributed by atoms with Crippen molar-refractivity contribution in [3.63, 3.8) is 0 Å². The molecule has 0 saturated carbocycles. The minimum absolute atomic E-state index is 0.360. The number of fused-ring (bicyclic) bond motifs is 2. The maximum absolute atomic E-state index is 14.0. The molecule has 4 nitrogen and oxygen atoms in total. The summed E-state index contributed by atoms with van der Waals surface area (Å²) in [6.45, 7) is 5.20. The Morgan fingerprint density at radius 3 is 2.43 bits per heavy atom. The summed E-state index contributed by atoms with van der Waals surface area (Å²) in [5.41, 5.74) is 0.782. The van der Waals surface area contributed by atoms with Gasteiger partial charge in [-0.05, 0) is 60.9 Å². The van der Waals surface area contributed by atoms with Crippen LogP contribution in [0.15, 0.2) is 60.7 Å². The molecule has 0 aliphatic carbocycles. The van der Waals surface area contributed by atoms with Crippen molar-refractivity contribution in [1.82, 2.24) is 0 Å².